The van der Waals surface area contributed by atoms with Crippen LogP contribution < -0.4 is 5.32 Å². The zero-order chi connectivity index (χ0) is 18.5. The number of aromatic nitrogens is 1. The molecule has 2 aromatic rings. The second-order valence-electron chi connectivity index (χ2n) is 6.49. The molecule has 2 heterocycles. The van der Waals surface area contributed by atoms with Crippen LogP contribution in [0.2, 0.25) is 0 Å². The molecule has 1 saturated heterocycles. The molecule has 1 fully saturated rings. The highest BCUT2D eigenvalue weighted by Crippen LogP contribution is 2.21. The van der Waals surface area contributed by atoms with Crippen LogP contribution in [0, 0.1) is 0 Å². The van der Waals surface area contributed by atoms with Crippen LogP contribution in [-0.4, -0.2) is 52.3 Å². The van der Waals surface area contributed by atoms with Crippen molar-refractivity contribution in [3.63, 3.8) is 0 Å². The number of thiazole rings is 1. The first-order valence-electron chi connectivity index (χ1n) is 8.87. The van der Waals surface area contributed by atoms with E-state index in [1.54, 1.807) is 5.38 Å². The van der Waals surface area contributed by atoms with Crippen LogP contribution in [0.15, 0.2) is 35.7 Å². The highest BCUT2D eigenvalue weighted by atomic mass is 32.1. The molecule has 3 rings (SSSR count). The smallest absolute Gasteiger partial charge is 0.273 e. The van der Waals surface area contributed by atoms with Gasteiger partial charge in [-0.05, 0) is 12.0 Å². The lowest BCUT2D eigenvalue weighted by molar-refractivity contribution is -0.114. The van der Waals surface area contributed by atoms with E-state index in [1.807, 2.05) is 11.0 Å². The van der Waals surface area contributed by atoms with Crippen molar-refractivity contribution in [2.45, 2.75) is 32.9 Å². The van der Waals surface area contributed by atoms with Gasteiger partial charge in [-0.2, -0.15) is 0 Å². The minimum atomic E-state index is -0.182. The number of rotatable bonds is 5. The van der Waals surface area contributed by atoms with Crippen molar-refractivity contribution in [3.05, 3.63) is 47.0 Å². The Morgan fingerprint density at radius 3 is 2.73 bits per heavy atom. The fourth-order valence-corrected chi connectivity index (χ4v) is 3.96. The van der Waals surface area contributed by atoms with Gasteiger partial charge in [0.05, 0.1) is 0 Å². The number of carbonyl (C=O) groups is 2. The van der Waals surface area contributed by atoms with E-state index in [0.717, 1.165) is 19.5 Å². The Labute approximate surface area is 157 Å². The number of anilines is 1. The molecule has 1 unspecified atom stereocenters. The Bertz CT molecular complexity index is 762. The molecule has 2 amide bonds. The SMILES string of the molecule is CCC1CN(C(=O)c2csc(NC(C)=O)n2)CCN1Cc1ccccc1. The van der Waals surface area contributed by atoms with Crippen LogP contribution in [0.4, 0.5) is 5.13 Å². The maximum absolute atomic E-state index is 12.8. The van der Waals surface area contributed by atoms with Gasteiger partial charge in [0.15, 0.2) is 5.13 Å². The largest absolute Gasteiger partial charge is 0.334 e. The number of benzene rings is 1. The second-order valence-corrected chi connectivity index (χ2v) is 7.35. The number of carbonyl (C=O) groups excluding carboxylic acids is 2. The van der Waals surface area contributed by atoms with Gasteiger partial charge in [-0.3, -0.25) is 14.5 Å². The van der Waals surface area contributed by atoms with Crippen LogP contribution in [0.3, 0.4) is 0 Å². The molecule has 0 spiro atoms. The van der Waals surface area contributed by atoms with Crippen molar-refractivity contribution in [1.82, 2.24) is 14.8 Å². The van der Waals surface area contributed by atoms with Gasteiger partial charge in [-0.25, -0.2) is 4.98 Å². The van der Waals surface area contributed by atoms with Crippen molar-refractivity contribution in [2.24, 2.45) is 0 Å². The fourth-order valence-electron chi connectivity index (χ4n) is 3.23. The second kappa shape index (κ2) is 8.42. The lowest BCUT2D eigenvalue weighted by atomic mass is 10.1. The maximum atomic E-state index is 12.8. The van der Waals surface area contributed by atoms with Crippen LogP contribution in [-0.2, 0) is 11.3 Å². The number of hydrogen-bond donors (Lipinski definition) is 1. The number of nitrogens with zero attached hydrogens (tertiary/aromatic N) is 3. The topological polar surface area (TPSA) is 65.5 Å². The van der Waals surface area contributed by atoms with Crippen molar-refractivity contribution >= 4 is 28.3 Å². The molecular formula is C19H24N4O2S. The summed E-state index contributed by atoms with van der Waals surface area (Å²) in [4.78, 5) is 32.5. The summed E-state index contributed by atoms with van der Waals surface area (Å²) in [6.45, 7) is 6.74. The van der Waals surface area contributed by atoms with Gasteiger partial charge in [-0.1, -0.05) is 37.3 Å². The predicted octanol–water partition coefficient (Wildman–Crippen LogP) is 2.84. The molecule has 0 bridgehead atoms. The lowest BCUT2D eigenvalue weighted by Gasteiger charge is -2.41. The number of amides is 2. The summed E-state index contributed by atoms with van der Waals surface area (Å²) < 4.78 is 0. The molecule has 1 aliphatic heterocycles. The first kappa shape index (κ1) is 18.5. The van der Waals surface area contributed by atoms with E-state index in [0.29, 0.717) is 30.0 Å². The molecule has 1 aromatic carbocycles. The molecule has 6 nitrogen and oxygen atoms in total. The van der Waals surface area contributed by atoms with E-state index in [9.17, 15) is 9.59 Å². The van der Waals surface area contributed by atoms with Crippen LogP contribution in [0.1, 0.15) is 36.3 Å². The zero-order valence-corrected chi connectivity index (χ0v) is 16.0. The minimum absolute atomic E-state index is 0.0596. The van der Waals surface area contributed by atoms with E-state index < -0.39 is 0 Å². The summed E-state index contributed by atoms with van der Waals surface area (Å²) in [5, 5.41) is 4.81. The molecule has 0 saturated carbocycles. The number of piperazine rings is 1. The number of hydrogen-bond acceptors (Lipinski definition) is 5. The highest BCUT2D eigenvalue weighted by Gasteiger charge is 2.29. The molecule has 1 aliphatic rings. The number of nitrogens with one attached hydrogen (secondary N) is 1. The van der Waals surface area contributed by atoms with E-state index in [4.69, 9.17) is 0 Å². The first-order valence-corrected chi connectivity index (χ1v) is 9.75. The predicted molar refractivity (Wildman–Crippen MR) is 103 cm³/mol. The average Bonchev–Trinajstić information content (AvgIpc) is 3.10. The minimum Gasteiger partial charge on any atom is -0.334 e. The van der Waals surface area contributed by atoms with Crippen molar-refractivity contribution in [1.29, 1.82) is 0 Å². The highest BCUT2D eigenvalue weighted by molar-refractivity contribution is 7.14. The van der Waals surface area contributed by atoms with Gasteiger partial charge >= 0.3 is 0 Å². The van der Waals surface area contributed by atoms with Gasteiger partial charge < -0.3 is 10.2 Å². The van der Waals surface area contributed by atoms with Crippen LogP contribution in [0.25, 0.3) is 0 Å². The van der Waals surface area contributed by atoms with Gasteiger partial charge in [0, 0.05) is 44.5 Å². The summed E-state index contributed by atoms with van der Waals surface area (Å²) in [6, 6.07) is 10.8. The molecule has 1 atom stereocenters. The molecule has 26 heavy (non-hydrogen) atoms. The van der Waals surface area contributed by atoms with E-state index in [-0.39, 0.29) is 11.8 Å². The quantitative estimate of drug-likeness (QED) is 0.876. The normalized spacial score (nSPS) is 17.9. The summed E-state index contributed by atoms with van der Waals surface area (Å²) in [7, 11) is 0. The van der Waals surface area contributed by atoms with Gasteiger partial charge in [-0.15, -0.1) is 11.3 Å². The van der Waals surface area contributed by atoms with Gasteiger partial charge in [0.2, 0.25) is 5.91 Å². The Kier molecular flexibility index (Phi) is 6.00. The zero-order valence-electron chi connectivity index (χ0n) is 15.1. The molecule has 1 N–H and O–H groups in total. The van der Waals surface area contributed by atoms with E-state index >= 15 is 0 Å². The van der Waals surface area contributed by atoms with Gasteiger partial charge in [0.1, 0.15) is 5.69 Å². The van der Waals surface area contributed by atoms with Crippen molar-refractivity contribution < 1.29 is 9.59 Å². The Morgan fingerprint density at radius 2 is 2.04 bits per heavy atom. The molecular weight excluding hydrogens is 348 g/mol. The van der Waals surface area contributed by atoms with Crippen LogP contribution >= 0.6 is 11.3 Å². The van der Waals surface area contributed by atoms with Crippen LogP contribution in [0.5, 0.6) is 0 Å². The first-order chi connectivity index (χ1) is 12.6. The third kappa shape index (κ3) is 4.47. The van der Waals surface area contributed by atoms with E-state index in [2.05, 4.69) is 46.4 Å². The third-order valence-electron chi connectivity index (χ3n) is 4.60. The molecule has 0 aliphatic carbocycles. The van der Waals surface area contributed by atoms with Gasteiger partial charge in [0.25, 0.3) is 5.91 Å². The van der Waals surface area contributed by atoms with Crippen molar-refractivity contribution in [2.75, 3.05) is 25.0 Å². The Morgan fingerprint density at radius 1 is 1.27 bits per heavy atom. The third-order valence-corrected chi connectivity index (χ3v) is 5.36. The molecule has 7 heteroatoms. The monoisotopic (exact) mass is 372 g/mol. The Balaban J connectivity index is 1.63. The van der Waals surface area contributed by atoms with Crippen molar-refractivity contribution in [3.8, 4) is 0 Å². The summed E-state index contributed by atoms with van der Waals surface area (Å²) in [5.74, 6) is -0.241. The molecule has 1 aromatic heterocycles. The summed E-state index contributed by atoms with van der Waals surface area (Å²) in [6.07, 6.45) is 0.991. The molecule has 0 radical (unpaired) electrons. The molecule has 138 valence electrons. The maximum Gasteiger partial charge on any atom is 0.273 e. The Hall–Kier alpha value is -2.25. The standard InChI is InChI=1S/C19H24N4O2S/c1-3-16-12-23(10-9-22(16)11-15-7-5-4-6-8-15)18(25)17-13-26-19(21-17)20-14(2)24/h4-8,13,16H,3,9-12H2,1-2H3,(H,20,21,24). The average molecular weight is 372 g/mol. The summed E-state index contributed by atoms with van der Waals surface area (Å²) >= 11 is 1.28. The fraction of sp³-hybridized carbons (Fsp3) is 0.421. The van der Waals surface area contributed by atoms with E-state index in [1.165, 1.54) is 23.8 Å². The lowest BCUT2D eigenvalue weighted by Crippen LogP contribution is -2.54. The summed E-state index contributed by atoms with van der Waals surface area (Å²) in [5.41, 5.74) is 1.70.